The third-order valence-corrected chi connectivity index (χ3v) is 5.08. The van der Waals surface area contributed by atoms with E-state index in [9.17, 15) is 0 Å². The zero-order chi connectivity index (χ0) is 16.7. The van der Waals surface area contributed by atoms with Crippen LogP contribution in [-0.2, 0) is 10.9 Å². The van der Waals surface area contributed by atoms with Gasteiger partial charge in [-0.2, -0.15) is 0 Å². The standard InChI is InChI=1S/C20H29O2S/c1-5-7-13-21-17-11-9-16-10-12-19(22-14-8-6-2)20(23(3)4)18(16)15-17/h9-12,15H,5-8,13-14H2,1-4H3/q+1. The Kier molecular flexibility index (Phi) is 7.10. The van der Waals surface area contributed by atoms with Gasteiger partial charge < -0.3 is 9.47 Å². The monoisotopic (exact) mass is 333 g/mol. The maximum Gasteiger partial charge on any atom is 0.204 e. The van der Waals surface area contributed by atoms with Crippen LogP contribution in [0.2, 0.25) is 0 Å². The van der Waals surface area contributed by atoms with E-state index >= 15 is 0 Å². The average molecular weight is 334 g/mol. The Balaban J connectivity index is 2.34. The third kappa shape index (κ3) is 4.81. The maximum absolute atomic E-state index is 6.05. The summed E-state index contributed by atoms with van der Waals surface area (Å²) in [6, 6.07) is 10.7. The summed E-state index contributed by atoms with van der Waals surface area (Å²) in [5, 5.41) is 2.52. The third-order valence-electron chi connectivity index (χ3n) is 3.84. The van der Waals surface area contributed by atoms with Crippen molar-refractivity contribution in [2.24, 2.45) is 0 Å². The molecule has 0 radical (unpaired) electrons. The van der Waals surface area contributed by atoms with Gasteiger partial charge in [-0.15, -0.1) is 0 Å². The Hall–Kier alpha value is -1.35. The van der Waals surface area contributed by atoms with Gasteiger partial charge in [0.2, 0.25) is 4.90 Å². The van der Waals surface area contributed by atoms with E-state index in [2.05, 4.69) is 56.7 Å². The highest BCUT2D eigenvalue weighted by Crippen LogP contribution is 2.34. The summed E-state index contributed by atoms with van der Waals surface area (Å²) >= 11 is 0. The summed E-state index contributed by atoms with van der Waals surface area (Å²) in [7, 11) is 0.133. The van der Waals surface area contributed by atoms with Gasteiger partial charge in [-0.25, -0.2) is 0 Å². The van der Waals surface area contributed by atoms with Crippen LogP contribution in [0.15, 0.2) is 35.2 Å². The van der Waals surface area contributed by atoms with Crippen molar-refractivity contribution < 1.29 is 9.47 Å². The topological polar surface area (TPSA) is 18.5 Å². The molecule has 0 bridgehead atoms. The lowest BCUT2D eigenvalue weighted by Crippen LogP contribution is -2.05. The quantitative estimate of drug-likeness (QED) is 0.450. The molecule has 0 aliphatic heterocycles. The molecule has 0 aliphatic rings. The number of unbranched alkanes of at least 4 members (excludes halogenated alkanes) is 2. The SMILES string of the molecule is CCCCOc1ccc2ccc(OCCCC)c([S+](C)C)c2c1. The van der Waals surface area contributed by atoms with Gasteiger partial charge in [-0.3, -0.25) is 0 Å². The zero-order valence-corrected chi connectivity index (χ0v) is 15.7. The van der Waals surface area contributed by atoms with E-state index < -0.39 is 0 Å². The molecule has 0 amide bonds. The molecule has 2 nitrogen and oxygen atoms in total. The number of hydrogen-bond donors (Lipinski definition) is 0. The molecule has 0 saturated heterocycles. The summed E-state index contributed by atoms with van der Waals surface area (Å²) in [5.41, 5.74) is 0. The molecule has 0 N–H and O–H groups in total. The molecular formula is C20H29O2S+. The minimum Gasteiger partial charge on any atom is -0.494 e. The highest BCUT2D eigenvalue weighted by Gasteiger charge is 2.21. The molecule has 3 heteroatoms. The lowest BCUT2D eigenvalue weighted by molar-refractivity contribution is 0.303. The van der Waals surface area contributed by atoms with E-state index in [0.717, 1.165) is 50.4 Å². The Morgan fingerprint density at radius 3 is 2.17 bits per heavy atom. The molecule has 0 fully saturated rings. The molecule has 0 aromatic heterocycles. The molecule has 0 unspecified atom stereocenters. The average Bonchev–Trinajstić information content (AvgIpc) is 2.54. The fraction of sp³-hybridized carbons (Fsp3) is 0.500. The highest BCUT2D eigenvalue weighted by atomic mass is 32.2. The van der Waals surface area contributed by atoms with Crippen molar-refractivity contribution >= 4 is 21.7 Å². The van der Waals surface area contributed by atoms with E-state index in [1.54, 1.807) is 0 Å². The second-order valence-corrected chi connectivity index (χ2v) is 8.04. The van der Waals surface area contributed by atoms with Crippen LogP contribution in [0.3, 0.4) is 0 Å². The van der Waals surface area contributed by atoms with Gasteiger partial charge in [0.05, 0.1) is 13.2 Å². The van der Waals surface area contributed by atoms with Gasteiger partial charge >= 0.3 is 0 Å². The van der Waals surface area contributed by atoms with Crippen molar-refractivity contribution in [2.75, 3.05) is 25.7 Å². The Morgan fingerprint density at radius 2 is 1.52 bits per heavy atom. The van der Waals surface area contributed by atoms with Crippen LogP contribution in [0.1, 0.15) is 39.5 Å². The summed E-state index contributed by atoms with van der Waals surface area (Å²) in [6.07, 6.45) is 9.01. The van der Waals surface area contributed by atoms with Crippen molar-refractivity contribution in [3.05, 3.63) is 30.3 Å². The molecule has 0 saturated carbocycles. The zero-order valence-electron chi connectivity index (χ0n) is 14.9. The van der Waals surface area contributed by atoms with Crippen molar-refractivity contribution in [1.29, 1.82) is 0 Å². The summed E-state index contributed by atoms with van der Waals surface area (Å²) < 4.78 is 11.9. The van der Waals surface area contributed by atoms with Gasteiger partial charge in [-0.05, 0) is 36.4 Å². The van der Waals surface area contributed by atoms with Crippen LogP contribution in [0.25, 0.3) is 10.8 Å². The smallest absolute Gasteiger partial charge is 0.204 e. The van der Waals surface area contributed by atoms with Crippen LogP contribution in [-0.4, -0.2) is 25.7 Å². The molecule has 2 aromatic rings. The van der Waals surface area contributed by atoms with E-state index in [4.69, 9.17) is 9.47 Å². The highest BCUT2D eigenvalue weighted by molar-refractivity contribution is 7.95. The number of hydrogen-bond acceptors (Lipinski definition) is 2. The second-order valence-electron chi connectivity index (χ2n) is 6.00. The summed E-state index contributed by atoms with van der Waals surface area (Å²) in [6.45, 7) is 5.95. The summed E-state index contributed by atoms with van der Waals surface area (Å²) in [5.74, 6) is 1.99. The first-order valence-electron chi connectivity index (χ1n) is 8.57. The van der Waals surface area contributed by atoms with Crippen LogP contribution < -0.4 is 9.47 Å². The van der Waals surface area contributed by atoms with E-state index in [1.807, 2.05) is 0 Å². The number of benzene rings is 2. The van der Waals surface area contributed by atoms with Crippen LogP contribution in [0, 0.1) is 0 Å². The Morgan fingerprint density at radius 1 is 0.870 bits per heavy atom. The number of rotatable bonds is 9. The second kappa shape index (κ2) is 9.07. The van der Waals surface area contributed by atoms with Crippen LogP contribution in [0.4, 0.5) is 0 Å². The number of ether oxygens (including phenoxy) is 2. The predicted molar refractivity (Wildman–Crippen MR) is 102 cm³/mol. The molecule has 0 heterocycles. The molecular weight excluding hydrogens is 304 g/mol. The fourth-order valence-electron chi connectivity index (χ4n) is 2.54. The largest absolute Gasteiger partial charge is 0.494 e. The van der Waals surface area contributed by atoms with Crippen molar-refractivity contribution in [3.8, 4) is 11.5 Å². The van der Waals surface area contributed by atoms with Gasteiger partial charge in [0.1, 0.15) is 18.3 Å². The lowest BCUT2D eigenvalue weighted by atomic mass is 10.1. The minimum absolute atomic E-state index is 0.133. The molecule has 0 spiro atoms. The lowest BCUT2D eigenvalue weighted by Gasteiger charge is -2.12. The van der Waals surface area contributed by atoms with Gasteiger partial charge in [0.15, 0.2) is 5.75 Å². The molecule has 0 aliphatic carbocycles. The van der Waals surface area contributed by atoms with E-state index in [-0.39, 0.29) is 10.9 Å². The van der Waals surface area contributed by atoms with Crippen molar-refractivity contribution in [3.63, 3.8) is 0 Å². The first kappa shape index (κ1) is 18.0. The van der Waals surface area contributed by atoms with Gasteiger partial charge in [0.25, 0.3) is 0 Å². The van der Waals surface area contributed by atoms with Gasteiger partial charge in [0, 0.05) is 16.3 Å². The maximum atomic E-state index is 6.05. The molecule has 2 rings (SSSR count). The first-order valence-corrected chi connectivity index (χ1v) is 10.6. The molecule has 0 atom stereocenters. The van der Waals surface area contributed by atoms with Crippen molar-refractivity contribution in [1.82, 2.24) is 0 Å². The predicted octanol–water partition coefficient (Wildman–Crippen LogP) is 5.43. The van der Waals surface area contributed by atoms with E-state index in [1.165, 1.54) is 15.7 Å². The summed E-state index contributed by atoms with van der Waals surface area (Å²) in [4.78, 5) is 1.32. The molecule has 126 valence electrons. The van der Waals surface area contributed by atoms with Crippen LogP contribution in [0.5, 0.6) is 11.5 Å². The fourth-order valence-corrected chi connectivity index (χ4v) is 3.68. The molecule has 23 heavy (non-hydrogen) atoms. The van der Waals surface area contributed by atoms with Crippen LogP contribution >= 0.6 is 0 Å². The van der Waals surface area contributed by atoms with Gasteiger partial charge in [-0.1, -0.05) is 38.8 Å². The Bertz CT molecular complexity index is 617. The normalized spacial score (nSPS) is 11.2. The molecule has 2 aromatic carbocycles. The van der Waals surface area contributed by atoms with E-state index in [0.29, 0.717) is 0 Å². The minimum atomic E-state index is 0.133. The Labute approximate surface area is 143 Å². The van der Waals surface area contributed by atoms with Crippen molar-refractivity contribution in [2.45, 2.75) is 44.4 Å². The first-order chi connectivity index (χ1) is 11.2. The number of fused-ring (bicyclic) bond motifs is 1.